The van der Waals surface area contributed by atoms with Crippen molar-refractivity contribution in [2.75, 3.05) is 0 Å². The first-order chi connectivity index (χ1) is 11.9. The number of aromatic nitrogens is 2. The van der Waals surface area contributed by atoms with Crippen LogP contribution in [0.1, 0.15) is 17.7 Å². The number of rotatable bonds is 5. The Bertz CT molecular complexity index is 820. The van der Waals surface area contributed by atoms with Gasteiger partial charge in [-0.1, -0.05) is 42.1 Å². The Balaban J connectivity index is 1.66. The minimum absolute atomic E-state index is 0.0796. The molecule has 0 aliphatic heterocycles. The monoisotopic (exact) mass is 366 g/mol. The molecule has 4 nitrogen and oxygen atoms in total. The van der Waals surface area contributed by atoms with E-state index in [2.05, 4.69) is 14.9 Å². The molecular weight excluding hydrogens is 353 g/mol. The third-order valence-electron chi connectivity index (χ3n) is 3.29. The van der Waals surface area contributed by atoms with E-state index in [-0.39, 0.29) is 11.0 Å². The Morgan fingerprint density at radius 1 is 1.00 bits per heavy atom. The molecule has 0 spiro atoms. The number of hydrogen-bond acceptors (Lipinski definition) is 5. The van der Waals surface area contributed by atoms with Gasteiger partial charge in [0.05, 0.1) is 0 Å². The van der Waals surface area contributed by atoms with Crippen LogP contribution in [0.5, 0.6) is 5.75 Å². The van der Waals surface area contributed by atoms with E-state index in [9.17, 15) is 13.2 Å². The van der Waals surface area contributed by atoms with Crippen molar-refractivity contribution in [2.24, 2.45) is 0 Å². The molecule has 1 unspecified atom stereocenters. The lowest BCUT2D eigenvalue weighted by atomic mass is 10.2. The van der Waals surface area contributed by atoms with Crippen LogP contribution in [0.25, 0.3) is 11.5 Å². The molecule has 2 aromatic carbocycles. The molecule has 0 N–H and O–H groups in total. The first-order valence-electron chi connectivity index (χ1n) is 7.32. The molecule has 1 atom stereocenters. The van der Waals surface area contributed by atoms with Gasteiger partial charge >= 0.3 is 6.36 Å². The minimum Gasteiger partial charge on any atom is -0.411 e. The summed E-state index contributed by atoms with van der Waals surface area (Å²) in [5, 5.41) is 8.31. The maximum absolute atomic E-state index is 12.2. The highest BCUT2D eigenvalue weighted by Crippen LogP contribution is 2.36. The lowest BCUT2D eigenvalue weighted by Crippen LogP contribution is -2.17. The van der Waals surface area contributed by atoms with Crippen molar-refractivity contribution in [2.45, 2.75) is 23.8 Å². The van der Waals surface area contributed by atoms with Crippen molar-refractivity contribution in [3.8, 4) is 17.2 Å². The average Bonchev–Trinajstić information content (AvgIpc) is 3.03. The van der Waals surface area contributed by atoms with Crippen LogP contribution >= 0.6 is 11.8 Å². The molecule has 0 aliphatic rings. The van der Waals surface area contributed by atoms with E-state index >= 15 is 0 Å². The molecule has 3 aromatic rings. The Morgan fingerprint density at radius 3 is 2.32 bits per heavy atom. The maximum atomic E-state index is 12.2. The smallest absolute Gasteiger partial charge is 0.411 e. The largest absolute Gasteiger partial charge is 0.573 e. The molecule has 0 saturated heterocycles. The van der Waals surface area contributed by atoms with E-state index in [1.807, 2.05) is 37.3 Å². The van der Waals surface area contributed by atoms with Gasteiger partial charge in [0, 0.05) is 10.8 Å². The topological polar surface area (TPSA) is 48.2 Å². The van der Waals surface area contributed by atoms with Gasteiger partial charge in [-0.2, -0.15) is 0 Å². The normalized spacial score (nSPS) is 12.8. The molecule has 1 heterocycles. The molecule has 0 saturated carbocycles. The summed E-state index contributed by atoms with van der Waals surface area (Å²) in [7, 11) is 0. The predicted molar refractivity (Wildman–Crippen MR) is 87.1 cm³/mol. The van der Waals surface area contributed by atoms with Gasteiger partial charge in [-0.3, -0.25) is 0 Å². The number of hydrogen-bond donors (Lipinski definition) is 0. The van der Waals surface area contributed by atoms with Crippen LogP contribution in [-0.2, 0) is 0 Å². The molecule has 0 bridgehead atoms. The van der Waals surface area contributed by atoms with E-state index in [4.69, 9.17) is 4.42 Å². The standard InChI is InChI=1S/C17H13F3N2O2S/c1-11(12-7-9-14(10-8-12)24-17(18,19)20)25-16-22-21-15(23-16)13-5-3-2-4-6-13/h2-11H,1H3. The second kappa shape index (κ2) is 7.18. The van der Waals surface area contributed by atoms with Crippen LogP contribution in [0.15, 0.2) is 64.2 Å². The van der Waals surface area contributed by atoms with Crippen LogP contribution in [-0.4, -0.2) is 16.6 Å². The summed E-state index contributed by atoms with van der Waals surface area (Å²) in [6.07, 6.45) is -4.69. The van der Waals surface area contributed by atoms with Gasteiger partial charge in [0.15, 0.2) is 0 Å². The van der Waals surface area contributed by atoms with Crippen molar-refractivity contribution in [3.05, 3.63) is 60.2 Å². The molecule has 0 aliphatic carbocycles. The summed E-state index contributed by atoms with van der Waals surface area (Å²) in [6.45, 7) is 1.90. The summed E-state index contributed by atoms with van der Waals surface area (Å²) in [4.78, 5) is 0. The van der Waals surface area contributed by atoms with Crippen LogP contribution < -0.4 is 4.74 Å². The second-order valence-corrected chi connectivity index (χ2v) is 6.41. The minimum atomic E-state index is -4.69. The molecule has 130 valence electrons. The highest BCUT2D eigenvalue weighted by atomic mass is 32.2. The van der Waals surface area contributed by atoms with E-state index in [1.165, 1.54) is 23.9 Å². The Labute approximate surface area is 146 Å². The molecule has 1 aromatic heterocycles. The Kier molecular flexibility index (Phi) is 4.98. The first kappa shape index (κ1) is 17.3. The first-order valence-corrected chi connectivity index (χ1v) is 8.20. The van der Waals surface area contributed by atoms with Gasteiger partial charge in [0.1, 0.15) is 5.75 Å². The average molecular weight is 366 g/mol. The van der Waals surface area contributed by atoms with Crippen molar-refractivity contribution in [1.29, 1.82) is 0 Å². The van der Waals surface area contributed by atoms with Gasteiger partial charge in [0.25, 0.3) is 5.22 Å². The third-order valence-corrected chi connectivity index (χ3v) is 4.28. The fourth-order valence-electron chi connectivity index (χ4n) is 2.11. The molecule has 25 heavy (non-hydrogen) atoms. The maximum Gasteiger partial charge on any atom is 0.573 e. The van der Waals surface area contributed by atoms with E-state index in [0.717, 1.165) is 11.1 Å². The fourth-order valence-corrected chi connectivity index (χ4v) is 2.93. The highest BCUT2D eigenvalue weighted by Gasteiger charge is 2.31. The summed E-state index contributed by atoms with van der Waals surface area (Å²) in [5.41, 5.74) is 1.64. The molecule has 0 fully saturated rings. The molecule has 0 radical (unpaired) electrons. The SMILES string of the molecule is CC(Sc1nnc(-c2ccccc2)o1)c1ccc(OC(F)(F)F)cc1. The molecular formula is C17H13F3N2O2S. The number of thioether (sulfide) groups is 1. The number of benzene rings is 2. The van der Waals surface area contributed by atoms with Crippen LogP contribution in [0.2, 0.25) is 0 Å². The molecule has 3 rings (SSSR count). The van der Waals surface area contributed by atoms with Gasteiger partial charge in [-0.05, 0) is 36.8 Å². The summed E-state index contributed by atoms with van der Waals surface area (Å²) in [6, 6.07) is 15.1. The Hall–Kier alpha value is -2.48. The fraction of sp³-hybridized carbons (Fsp3) is 0.176. The summed E-state index contributed by atoms with van der Waals surface area (Å²) < 4.78 is 46.0. The molecule has 0 amide bonds. The van der Waals surface area contributed by atoms with Gasteiger partial charge in [-0.25, -0.2) is 0 Å². The Morgan fingerprint density at radius 2 is 1.68 bits per heavy atom. The second-order valence-electron chi connectivity index (χ2n) is 5.12. The lowest BCUT2D eigenvalue weighted by Gasteiger charge is -2.11. The quantitative estimate of drug-likeness (QED) is 0.559. The predicted octanol–water partition coefficient (Wildman–Crippen LogP) is 5.49. The zero-order chi connectivity index (χ0) is 17.9. The van der Waals surface area contributed by atoms with Crippen LogP contribution in [0.4, 0.5) is 13.2 Å². The van der Waals surface area contributed by atoms with Gasteiger partial charge < -0.3 is 9.15 Å². The number of alkyl halides is 3. The van der Waals surface area contributed by atoms with Gasteiger partial charge in [0.2, 0.25) is 5.89 Å². The number of ether oxygens (including phenoxy) is 1. The van der Waals surface area contributed by atoms with Crippen LogP contribution in [0, 0.1) is 0 Å². The lowest BCUT2D eigenvalue weighted by molar-refractivity contribution is -0.274. The van der Waals surface area contributed by atoms with Gasteiger partial charge in [-0.15, -0.1) is 23.4 Å². The van der Waals surface area contributed by atoms with Crippen molar-refractivity contribution < 1.29 is 22.3 Å². The van der Waals surface area contributed by atoms with Crippen LogP contribution in [0.3, 0.4) is 0 Å². The number of nitrogens with zero attached hydrogens (tertiary/aromatic N) is 2. The summed E-state index contributed by atoms with van der Waals surface area (Å²) in [5.74, 6) is 0.168. The zero-order valence-corrected chi connectivity index (χ0v) is 13.8. The number of halogens is 3. The van der Waals surface area contributed by atoms with E-state index in [0.29, 0.717) is 11.1 Å². The van der Waals surface area contributed by atoms with Crippen molar-refractivity contribution >= 4 is 11.8 Å². The zero-order valence-electron chi connectivity index (χ0n) is 13.0. The third kappa shape index (κ3) is 4.76. The van der Waals surface area contributed by atoms with Crippen molar-refractivity contribution in [1.82, 2.24) is 10.2 Å². The van der Waals surface area contributed by atoms with E-state index in [1.54, 1.807) is 12.1 Å². The van der Waals surface area contributed by atoms with E-state index < -0.39 is 6.36 Å². The molecule has 8 heteroatoms. The summed E-state index contributed by atoms with van der Waals surface area (Å²) >= 11 is 1.33. The van der Waals surface area contributed by atoms with Crippen molar-refractivity contribution in [3.63, 3.8) is 0 Å². The highest BCUT2D eigenvalue weighted by molar-refractivity contribution is 7.99.